The Balaban J connectivity index is 1.75. The Bertz CT molecular complexity index is 1160. The molecule has 31 heavy (non-hydrogen) atoms. The van der Waals surface area contributed by atoms with Crippen LogP contribution in [0.25, 0.3) is 22.3 Å². The van der Waals surface area contributed by atoms with Crippen molar-refractivity contribution < 1.29 is 23.5 Å². The van der Waals surface area contributed by atoms with Gasteiger partial charge in [-0.2, -0.15) is 0 Å². The van der Waals surface area contributed by atoms with Gasteiger partial charge in [-0.25, -0.2) is 14.0 Å². The first-order valence-electron chi connectivity index (χ1n) is 9.50. The Morgan fingerprint density at radius 3 is 1.58 bits per heavy atom. The molecule has 3 aromatic rings. The van der Waals surface area contributed by atoms with Crippen molar-refractivity contribution in [2.45, 2.75) is 13.8 Å². The predicted molar refractivity (Wildman–Crippen MR) is 118 cm³/mol. The van der Waals surface area contributed by atoms with Crippen molar-refractivity contribution in [3.05, 3.63) is 96.9 Å². The lowest BCUT2D eigenvalue weighted by atomic mass is 10.00. The van der Waals surface area contributed by atoms with Crippen molar-refractivity contribution in [1.82, 2.24) is 0 Å². The molecule has 0 aliphatic rings. The molecule has 0 spiro atoms. The lowest BCUT2D eigenvalue weighted by molar-refractivity contribution is -0.131. The van der Waals surface area contributed by atoms with Gasteiger partial charge in [0.1, 0.15) is 5.75 Å². The Morgan fingerprint density at radius 1 is 0.677 bits per heavy atom. The van der Waals surface area contributed by atoms with Crippen LogP contribution in [-0.4, -0.2) is 11.9 Å². The molecule has 4 nitrogen and oxygen atoms in total. The van der Waals surface area contributed by atoms with Gasteiger partial charge in [0.25, 0.3) is 0 Å². The monoisotopic (exact) mass is 416 g/mol. The SMILES string of the molecule is C=C(C)C(=O)Oc1ccc(-c2ccc(-c3ccc(OC(=O)C(=C)C)c(F)c3)cc2)cc1. The second-order valence-electron chi connectivity index (χ2n) is 7.09. The van der Waals surface area contributed by atoms with Crippen LogP contribution in [0.3, 0.4) is 0 Å². The number of carbonyl (C=O) groups excluding carboxylic acids is 2. The zero-order chi connectivity index (χ0) is 22.5. The van der Waals surface area contributed by atoms with Crippen LogP contribution in [0.1, 0.15) is 13.8 Å². The summed E-state index contributed by atoms with van der Waals surface area (Å²) in [4.78, 5) is 23.2. The summed E-state index contributed by atoms with van der Waals surface area (Å²) in [6.45, 7) is 10.1. The summed E-state index contributed by atoms with van der Waals surface area (Å²) in [6.07, 6.45) is 0. The lowest BCUT2D eigenvalue weighted by Gasteiger charge is -2.09. The first kappa shape index (κ1) is 21.7. The van der Waals surface area contributed by atoms with E-state index in [1.54, 1.807) is 25.1 Å². The molecule has 156 valence electrons. The molecule has 0 heterocycles. The van der Waals surface area contributed by atoms with Crippen LogP contribution in [0.5, 0.6) is 11.5 Å². The van der Waals surface area contributed by atoms with Gasteiger partial charge >= 0.3 is 11.9 Å². The number of carbonyl (C=O) groups is 2. The average Bonchev–Trinajstić information content (AvgIpc) is 2.75. The van der Waals surface area contributed by atoms with E-state index in [9.17, 15) is 14.0 Å². The van der Waals surface area contributed by atoms with Crippen molar-refractivity contribution in [2.75, 3.05) is 0 Å². The largest absolute Gasteiger partial charge is 0.423 e. The molecule has 0 fully saturated rings. The number of hydrogen-bond acceptors (Lipinski definition) is 4. The number of rotatable bonds is 6. The van der Waals surface area contributed by atoms with E-state index < -0.39 is 17.8 Å². The van der Waals surface area contributed by atoms with Gasteiger partial charge < -0.3 is 9.47 Å². The van der Waals surface area contributed by atoms with Crippen molar-refractivity contribution in [1.29, 1.82) is 0 Å². The Morgan fingerprint density at radius 2 is 1.10 bits per heavy atom. The summed E-state index contributed by atoms with van der Waals surface area (Å²) in [5.41, 5.74) is 3.89. The molecule has 0 bridgehead atoms. The van der Waals surface area contributed by atoms with Gasteiger partial charge in [-0.3, -0.25) is 0 Å². The van der Waals surface area contributed by atoms with E-state index in [-0.39, 0.29) is 11.3 Å². The standard InChI is InChI=1S/C26H21FO4/c1-16(2)25(28)30-22-12-9-19(10-13-22)18-5-7-20(8-6-18)21-11-14-24(23(27)15-21)31-26(29)17(3)4/h5-15H,1,3H2,2,4H3. The summed E-state index contributed by atoms with van der Waals surface area (Å²) in [7, 11) is 0. The summed E-state index contributed by atoms with van der Waals surface area (Å²) in [5, 5.41) is 0. The van der Waals surface area contributed by atoms with Crippen LogP contribution in [0.4, 0.5) is 4.39 Å². The second-order valence-corrected chi connectivity index (χ2v) is 7.09. The molecule has 0 N–H and O–H groups in total. The maximum absolute atomic E-state index is 14.3. The van der Waals surface area contributed by atoms with Gasteiger partial charge in [-0.05, 0) is 60.4 Å². The highest BCUT2D eigenvalue weighted by atomic mass is 19.1. The van der Waals surface area contributed by atoms with Crippen molar-refractivity contribution in [3.63, 3.8) is 0 Å². The minimum atomic E-state index is -0.670. The summed E-state index contributed by atoms with van der Waals surface area (Å²) >= 11 is 0. The number of benzene rings is 3. The highest BCUT2D eigenvalue weighted by Crippen LogP contribution is 2.29. The zero-order valence-electron chi connectivity index (χ0n) is 17.3. The molecule has 0 unspecified atom stereocenters. The molecule has 0 aliphatic heterocycles. The number of halogens is 1. The number of ether oxygens (including phenoxy) is 2. The highest BCUT2D eigenvalue weighted by Gasteiger charge is 2.12. The minimum Gasteiger partial charge on any atom is -0.423 e. The fourth-order valence-electron chi connectivity index (χ4n) is 2.71. The van der Waals surface area contributed by atoms with E-state index in [0.717, 1.165) is 16.7 Å². The van der Waals surface area contributed by atoms with Gasteiger partial charge in [0.2, 0.25) is 0 Å². The summed E-state index contributed by atoms with van der Waals surface area (Å²) < 4.78 is 24.5. The normalized spacial score (nSPS) is 10.3. The van der Waals surface area contributed by atoms with Crippen molar-refractivity contribution >= 4 is 11.9 Å². The van der Waals surface area contributed by atoms with Crippen LogP contribution in [0.2, 0.25) is 0 Å². The first-order valence-corrected chi connectivity index (χ1v) is 9.50. The van der Waals surface area contributed by atoms with Crippen LogP contribution in [0.15, 0.2) is 91.0 Å². The van der Waals surface area contributed by atoms with Crippen LogP contribution in [-0.2, 0) is 9.59 Å². The second kappa shape index (κ2) is 9.22. The van der Waals surface area contributed by atoms with E-state index in [1.807, 2.05) is 36.4 Å². The van der Waals surface area contributed by atoms with E-state index in [1.165, 1.54) is 19.1 Å². The third kappa shape index (κ3) is 5.34. The Kier molecular flexibility index (Phi) is 6.46. The van der Waals surface area contributed by atoms with E-state index >= 15 is 0 Å². The Labute approximate surface area is 180 Å². The molecule has 0 radical (unpaired) electrons. The molecule has 0 amide bonds. The summed E-state index contributed by atoms with van der Waals surface area (Å²) in [5.74, 6) is -1.46. The summed E-state index contributed by atoms with van der Waals surface area (Å²) in [6, 6.07) is 19.1. The molecule has 5 heteroatoms. The molecule has 3 rings (SSSR count). The minimum absolute atomic E-state index is 0.138. The predicted octanol–water partition coefficient (Wildman–Crippen LogP) is 6.12. The molecular formula is C26H21FO4. The third-order valence-corrected chi connectivity index (χ3v) is 4.45. The van der Waals surface area contributed by atoms with Crippen molar-refractivity contribution in [2.24, 2.45) is 0 Å². The lowest BCUT2D eigenvalue weighted by Crippen LogP contribution is -2.09. The van der Waals surface area contributed by atoms with E-state index in [4.69, 9.17) is 9.47 Å². The van der Waals surface area contributed by atoms with Gasteiger partial charge in [-0.15, -0.1) is 0 Å². The van der Waals surface area contributed by atoms with Gasteiger partial charge in [0.05, 0.1) is 0 Å². The van der Waals surface area contributed by atoms with Gasteiger partial charge in [0.15, 0.2) is 11.6 Å². The zero-order valence-corrected chi connectivity index (χ0v) is 17.3. The van der Waals surface area contributed by atoms with E-state index in [0.29, 0.717) is 16.9 Å². The molecule has 0 saturated carbocycles. The smallest absolute Gasteiger partial charge is 0.338 e. The molecule has 0 aromatic heterocycles. The fraction of sp³-hybridized carbons (Fsp3) is 0.0769. The highest BCUT2D eigenvalue weighted by molar-refractivity contribution is 5.89. The van der Waals surface area contributed by atoms with Gasteiger partial charge in [-0.1, -0.05) is 55.6 Å². The average molecular weight is 416 g/mol. The number of esters is 2. The third-order valence-electron chi connectivity index (χ3n) is 4.45. The number of hydrogen-bond donors (Lipinski definition) is 0. The molecule has 3 aromatic carbocycles. The van der Waals surface area contributed by atoms with Crippen LogP contribution < -0.4 is 9.47 Å². The first-order chi connectivity index (χ1) is 14.7. The topological polar surface area (TPSA) is 52.6 Å². The van der Waals surface area contributed by atoms with Gasteiger partial charge in [0, 0.05) is 11.1 Å². The van der Waals surface area contributed by atoms with Crippen LogP contribution >= 0.6 is 0 Å². The van der Waals surface area contributed by atoms with Crippen LogP contribution in [0, 0.1) is 5.82 Å². The maximum Gasteiger partial charge on any atom is 0.338 e. The van der Waals surface area contributed by atoms with Crippen molar-refractivity contribution in [3.8, 4) is 33.8 Å². The molecule has 0 saturated heterocycles. The molecule has 0 aliphatic carbocycles. The fourth-order valence-corrected chi connectivity index (χ4v) is 2.71. The Hall–Kier alpha value is -3.99. The van der Waals surface area contributed by atoms with E-state index in [2.05, 4.69) is 13.2 Å². The molecular weight excluding hydrogens is 395 g/mol. The molecule has 0 atom stereocenters. The maximum atomic E-state index is 14.3. The quantitative estimate of drug-likeness (QED) is 0.276.